The molecule has 1 aliphatic heterocycles. The van der Waals surface area contributed by atoms with Crippen molar-refractivity contribution in [1.82, 2.24) is 0 Å². The molecule has 0 amide bonds. The molecule has 0 spiro atoms. The second-order valence-electron chi connectivity index (χ2n) is 15.5. The van der Waals surface area contributed by atoms with Crippen LogP contribution < -0.4 is 9.47 Å². The van der Waals surface area contributed by atoms with Gasteiger partial charge in [0.05, 0.1) is 24.6 Å². The Morgan fingerprint density at radius 1 is 0.827 bits per heavy atom. The molecule has 284 valence electrons. The molecule has 0 bridgehead atoms. The third kappa shape index (κ3) is 14.1. The molecule has 0 saturated heterocycles. The standard InChI is InChI=1S/C15H16I2O2.C15H18O2.3C4H9.Al.B.HN.Sn.H/c1-9(2)8-19-14-12(16)6-11(7-13(14)17)15(4-5-15)10(3)18;1-10(16)15(6-7-15)11-4-5-13-12(8-11)14(2,3)9-17-13;3*1-3-4-2;;;;;/h6-7H,1,4-5,8H2,2-3H3;4-5,8H,6-7,9H2,1-3H3;3*1,3-4H2,2H3;;;1H;;. The van der Waals surface area contributed by atoms with Gasteiger partial charge in [-0.25, -0.2) is 0 Å². The Morgan fingerprint density at radius 3 is 1.65 bits per heavy atom. The summed E-state index contributed by atoms with van der Waals surface area (Å²) in [7, 11) is 0. The van der Waals surface area contributed by atoms with Gasteiger partial charge in [0, 0.05) is 19.4 Å². The van der Waals surface area contributed by atoms with Crippen LogP contribution in [0.1, 0.15) is 136 Å². The van der Waals surface area contributed by atoms with E-state index < -0.39 is 19.8 Å². The number of benzene rings is 2. The van der Waals surface area contributed by atoms with Crippen LogP contribution >= 0.6 is 45.2 Å². The number of halogens is 2. The van der Waals surface area contributed by atoms with E-state index >= 15 is 0 Å². The fourth-order valence-corrected chi connectivity index (χ4v) is 19.8. The molecule has 2 fully saturated rings. The van der Waals surface area contributed by atoms with Crippen LogP contribution in [0.5, 0.6) is 11.5 Å². The van der Waals surface area contributed by atoms with Crippen molar-refractivity contribution in [1.29, 1.82) is 4.35 Å². The summed E-state index contributed by atoms with van der Waals surface area (Å²) in [6, 6.07) is 10.5. The first-order chi connectivity index (χ1) is 24.2. The summed E-state index contributed by atoms with van der Waals surface area (Å²) >= 11 is 5.26. The number of unbranched alkanes of at least 4 members (excludes halogenated alkanes) is 3. The van der Waals surface area contributed by atoms with Gasteiger partial charge in [0.2, 0.25) is 0 Å². The van der Waals surface area contributed by atoms with E-state index in [1.807, 2.05) is 13.0 Å². The Bertz CT molecular complexity index is 1440. The fourth-order valence-electron chi connectivity index (χ4n) is 6.84. The molecule has 5 rings (SSSR count). The van der Waals surface area contributed by atoms with Crippen LogP contribution in [0.2, 0.25) is 13.3 Å². The average molecular weight is 1060 g/mol. The van der Waals surface area contributed by atoms with Crippen molar-refractivity contribution < 1.29 is 19.1 Å². The zero-order valence-corrected chi connectivity index (χ0v) is 42.1. The van der Waals surface area contributed by atoms with Crippen molar-refractivity contribution in [3.8, 4) is 11.5 Å². The normalized spacial score (nSPS) is 16.1. The number of Topliss-reactive ketones (excluding diaryl/α,β-unsaturated/α-hetero) is 2. The molecule has 10 heteroatoms. The summed E-state index contributed by atoms with van der Waals surface area (Å²) in [4.78, 5) is 23.6. The van der Waals surface area contributed by atoms with Crippen molar-refractivity contribution in [3.63, 3.8) is 0 Å². The number of rotatable bonds is 16. The van der Waals surface area contributed by atoms with E-state index in [-0.39, 0.29) is 30.4 Å². The van der Waals surface area contributed by atoms with E-state index in [0.29, 0.717) is 12.4 Å². The van der Waals surface area contributed by atoms with E-state index in [9.17, 15) is 9.59 Å². The third-order valence-corrected chi connectivity index (χ3v) is 22.7. The van der Waals surface area contributed by atoms with Gasteiger partial charge in [0.1, 0.15) is 29.7 Å². The molecule has 1 N–H and O–H groups in total. The number of nitrogens with one attached hydrogen (secondary N) is 1. The quantitative estimate of drug-likeness (QED) is 0.103. The van der Waals surface area contributed by atoms with Gasteiger partial charge in [-0.05, 0) is 127 Å². The Morgan fingerprint density at radius 2 is 1.27 bits per heavy atom. The maximum atomic E-state index is 11.8. The van der Waals surface area contributed by atoms with E-state index in [1.165, 1.54) is 49.7 Å². The van der Waals surface area contributed by atoms with Gasteiger partial charge in [-0.3, -0.25) is 9.59 Å². The first-order valence-corrected chi connectivity index (χ1v) is 28.8. The Balaban J connectivity index is 0.000000384. The average Bonchev–Trinajstić information content (AvgIpc) is 4.03. The van der Waals surface area contributed by atoms with Crippen LogP contribution in [0.3, 0.4) is 0 Å². The van der Waals surface area contributed by atoms with Crippen molar-refractivity contribution in [2.24, 2.45) is 0 Å². The number of ketones is 2. The van der Waals surface area contributed by atoms with Gasteiger partial charge in [-0.15, -0.1) is 0 Å². The van der Waals surface area contributed by atoms with E-state index in [4.69, 9.17) is 13.8 Å². The molecule has 2 aliphatic carbocycles. The number of carbonyl (C=O) groups excluding carboxylic acids is 2. The molecule has 0 atom stereocenters. The molecule has 3 aliphatic rings. The molecule has 52 heavy (non-hydrogen) atoms. The van der Waals surface area contributed by atoms with Crippen LogP contribution in [0.4, 0.5) is 0 Å². The van der Waals surface area contributed by atoms with Crippen LogP contribution in [0.15, 0.2) is 42.5 Å². The molecule has 0 unspecified atom stereocenters. The fraction of sp³-hybridized carbons (Fsp3) is 0.619. The monoisotopic (exact) mass is 1060 g/mol. The van der Waals surface area contributed by atoms with E-state index in [1.54, 1.807) is 43.3 Å². The number of hydrogen-bond donors (Lipinski definition) is 1. The molecule has 5 nitrogen and oxygen atoms in total. The SMILES string of the molecule is C=C(C)COc1c(I)cc(C2(C(C)=O)CC2)cc1I.CC(=O)C1(c2ccc3c(c2)C(C)(C)CO3)CC1.CCC[CH2][SnH]([CH2]CCC)[CH2]CCC.[B].[NH]=[Al]. The minimum atomic E-state index is -0.967. The van der Waals surface area contributed by atoms with Crippen molar-refractivity contribution >= 4 is 101 Å². The molecule has 0 aromatic heterocycles. The van der Waals surface area contributed by atoms with Gasteiger partial charge in [0.15, 0.2) is 0 Å². The molecule has 1 heterocycles. The van der Waals surface area contributed by atoms with Crippen molar-refractivity contribution in [3.05, 3.63) is 66.3 Å². The summed E-state index contributed by atoms with van der Waals surface area (Å²) < 4.78 is 24.3. The Labute approximate surface area is 361 Å². The zero-order chi connectivity index (χ0) is 38.4. The molecule has 4 radical (unpaired) electrons. The van der Waals surface area contributed by atoms with E-state index in [0.717, 1.165) is 62.1 Å². The number of carbonyl (C=O) groups is 2. The molecule has 2 aromatic rings. The first kappa shape index (κ1) is 49.8. The Kier molecular flexibility index (Phi) is 22.7. The molecule has 2 saturated carbocycles. The third-order valence-electron chi connectivity index (χ3n) is 10.6. The Hall–Kier alpha value is -0.224. The second-order valence-corrected chi connectivity index (χ2v) is 27.7. The van der Waals surface area contributed by atoms with Crippen molar-refractivity contribution in [2.45, 2.75) is 149 Å². The summed E-state index contributed by atoms with van der Waals surface area (Å²) in [5, 5.41) is 0. The molecular weight excluding hydrogens is 993 g/mol. The second kappa shape index (κ2) is 23.8. The van der Waals surface area contributed by atoms with Crippen LogP contribution in [-0.4, -0.2) is 69.0 Å². The summed E-state index contributed by atoms with van der Waals surface area (Å²) in [5.41, 5.74) is 4.25. The van der Waals surface area contributed by atoms with E-state index in [2.05, 4.69) is 111 Å². The number of fused-ring (bicyclic) bond motifs is 1. The van der Waals surface area contributed by atoms with Gasteiger partial charge >= 0.3 is 113 Å². The van der Waals surface area contributed by atoms with Crippen molar-refractivity contribution in [2.75, 3.05) is 13.2 Å². The molecular formula is C42H63AlBI2NO4Sn. The van der Waals surface area contributed by atoms with Gasteiger partial charge in [-0.2, -0.15) is 0 Å². The van der Waals surface area contributed by atoms with Gasteiger partial charge in [-0.1, -0.05) is 32.6 Å². The summed E-state index contributed by atoms with van der Waals surface area (Å²) in [6.07, 6.45) is 12.8. The molecule has 2 aromatic carbocycles. The van der Waals surface area contributed by atoms with Gasteiger partial charge in [0.25, 0.3) is 0 Å². The maximum absolute atomic E-state index is 11.8. The van der Waals surface area contributed by atoms with Crippen LogP contribution in [0.25, 0.3) is 0 Å². The zero-order valence-electron chi connectivity index (χ0n) is 33.3. The topological polar surface area (TPSA) is 76.5 Å². The first-order valence-electron chi connectivity index (χ1n) is 19.0. The number of hydrogen-bond acceptors (Lipinski definition) is 5. The number of ether oxygens (including phenoxy) is 2. The summed E-state index contributed by atoms with van der Waals surface area (Å²) in [5.74, 6) is 2.45. The predicted molar refractivity (Wildman–Crippen MR) is 241 cm³/mol. The minimum absolute atomic E-state index is 0. The van der Waals surface area contributed by atoms with Gasteiger partial charge < -0.3 is 9.47 Å². The van der Waals surface area contributed by atoms with Crippen LogP contribution in [-0.2, 0) is 25.8 Å². The summed E-state index contributed by atoms with van der Waals surface area (Å²) in [6.45, 7) is 21.8. The predicted octanol–water partition coefficient (Wildman–Crippen LogP) is 11.6. The van der Waals surface area contributed by atoms with Crippen LogP contribution in [0, 0.1) is 11.5 Å².